The molecule has 6 nitrogen and oxygen atoms in total. The van der Waals surface area contributed by atoms with E-state index in [9.17, 15) is 14.4 Å². The molecule has 3 rings (SSSR count). The van der Waals surface area contributed by atoms with Gasteiger partial charge in [0.15, 0.2) is 5.76 Å². The predicted molar refractivity (Wildman–Crippen MR) is 93.2 cm³/mol. The fourth-order valence-corrected chi connectivity index (χ4v) is 2.62. The molecule has 0 spiro atoms. The fraction of sp³-hybridized carbons (Fsp3) is 0.150. The van der Waals surface area contributed by atoms with Gasteiger partial charge in [0, 0.05) is 12.5 Å². The van der Waals surface area contributed by atoms with Crippen LogP contribution in [0.1, 0.15) is 38.8 Å². The van der Waals surface area contributed by atoms with E-state index >= 15 is 0 Å². The van der Waals surface area contributed by atoms with Crippen molar-refractivity contribution in [3.8, 4) is 11.5 Å². The second-order valence-electron chi connectivity index (χ2n) is 5.71. The Bertz CT molecular complexity index is 938. The summed E-state index contributed by atoms with van der Waals surface area (Å²) in [6, 6.07) is 9.74. The molecule has 2 aromatic carbocycles. The Kier molecular flexibility index (Phi) is 4.58. The number of allylic oxidation sites excluding steroid dienone is 1. The van der Waals surface area contributed by atoms with Crippen molar-refractivity contribution in [2.45, 2.75) is 13.8 Å². The number of carbonyl (C=O) groups excluding carboxylic acids is 3. The molecule has 0 unspecified atom stereocenters. The molecule has 0 amide bonds. The minimum Gasteiger partial charge on any atom is -0.465 e. The maximum Gasteiger partial charge on any atom is 0.337 e. The Morgan fingerprint density at radius 2 is 1.77 bits per heavy atom. The second-order valence-corrected chi connectivity index (χ2v) is 5.71. The largest absolute Gasteiger partial charge is 0.465 e. The molecule has 0 aromatic heterocycles. The van der Waals surface area contributed by atoms with Crippen molar-refractivity contribution in [3.63, 3.8) is 0 Å². The van der Waals surface area contributed by atoms with Crippen LogP contribution in [0.25, 0.3) is 6.08 Å². The lowest BCUT2D eigenvalue weighted by Gasteiger charge is -2.08. The Hall–Kier alpha value is -3.41. The normalized spacial score (nSPS) is 14.0. The molecular formula is C20H16O6. The zero-order chi connectivity index (χ0) is 18.8. The monoisotopic (exact) mass is 352 g/mol. The summed E-state index contributed by atoms with van der Waals surface area (Å²) in [6.45, 7) is 3.03. The van der Waals surface area contributed by atoms with E-state index in [2.05, 4.69) is 4.74 Å². The molecule has 0 radical (unpaired) electrons. The van der Waals surface area contributed by atoms with E-state index in [-0.39, 0.29) is 11.5 Å². The number of Topliss-reactive ketones (excluding diaryl/α,β-unsaturated/α-hetero) is 1. The summed E-state index contributed by atoms with van der Waals surface area (Å²) < 4.78 is 15.5. The standard InChI is InChI=1S/C20H16O6/c1-11-16(25-12(2)21)9-8-15-18(22)17(26-19(11)15)10-13-4-6-14(7-5-13)20(23)24-3/h4-10H,1-3H3/b17-10-. The Labute approximate surface area is 150 Å². The second kappa shape index (κ2) is 6.84. The van der Waals surface area contributed by atoms with Crippen molar-refractivity contribution < 1.29 is 28.6 Å². The van der Waals surface area contributed by atoms with Crippen molar-refractivity contribution in [2.24, 2.45) is 0 Å². The summed E-state index contributed by atoms with van der Waals surface area (Å²) in [5.41, 5.74) is 2.11. The highest BCUT2D eigenvalue weighted by Crippen LogP contribution is 2.39. The average molecular weight is 352 g/mol. The first-order valence-corrected chi connectivity index (χ1v) is 7.85. The van der Waals surface area contributed by atoms with Crippen LogP contribution in [0, 0.1) is 6.92 Å². The van der Waals surface area contributed by atoms with Gasteiger partial charge in [-0.15, -0.1) is 0 Å². The van der Waals surface area contributed by atoms with E-state index in [1.54, 1.807) is 49.4 Å². The van der Waals surface area contributed by atoms with Gasteiger partial charge in [-0.3, -0.25) is 9.59 Å². The molecule has 0 saturated carbocycles. The van der Waals surface area contributed by atoms with E-state index in [4.69, 9.17) is 9.47 Å². The van der Waals surface area contributed by atoms with E-state index in [1.807, 2.05) is 0 Å². The summed E-state index contributed by atoms with van der Waals surface area (Å²) >= 11 is 0. The number of hydrogen-bond donors (Lipinski definition) is 0. The van der Waals surface area contributed by atoms with E-state index < -0.39 is 11.9 Å². The number of ketones is 1. The number of benzene rings is 2. The molecule has 0 saturated heterocycles. The van der Waals surface area contributed by atoms with Crippen LogP contribution in [-0.2, 0) is 9.53 Å². The highest BCUT2D eigenvalue weighted by molar-refractivity contribution is 6.15. The summed E-state index contributed by atoms with van der Waals surface area (Å²) in [4.78, 5) is 35.2. The van der Waals surface area contributed by atoms with Crippen LogP contribution in [0.4, 0.5) is 0 Å². The van der Waals surface area contributed by atoms with Crippen LogP contribution >= 0.6 is 0 Å². The van der Waals surface area contributed by atoms with Crippen LogP contribution in [0.15, 0.2) is 42.2 Å². The van der Waals surface area contributed by atoms with E-state index in [1.165, 1.54) is 14.0 Å². The number of esters is 2. The van der Waals surface area contributed by atoms with Crippen LogP contribution in [0.2, 0.25) is 0 Å². The molecule has 0 N–H and O–H groups in total. The van der Waals surface area contributed by atoms with Gasteiger partial charge >= 0.3 is 11.9 Å². The van der Waals surface area contributed by atoms with Crippen LogP contribution in [0.3, 0.4) is 0 Å². The van der Waals surface area contributed by atoms with Gasteiger partial charge in [-0.1, -0.05) is 12.1 Å². The summed E-state index contributed by atoms with van der Waals surface area (Å²) in [5, 5.41) is 0. The van der Waals surface area contributed by atoms with Gasteiger partial charge in [0.1, 0.15) is 11.5 Å². The predicted octanol–water partition coefficient (Wildman–Crippen LogP) is 3.32. The Balaban J connectivity index is 1.90. The highest BCUT2D eigenvalue weighted by Gasteiger charge is 2.30. The SMILES string of the molecule is COC(=O)c1ccc(/C=C2\Oc3c(ccc(OC(C)=O)c3C)C2=O)cc1. The molecule has 0 bridgehead atoms. The van der Waals surface area contributed by atoms with Gasteiger partial charge in [-0.2, -0.15) is 0 Å². The van der Waals surface area contributed by atoms with Crippen molar-refractivity contribution in [1.29, 1.82) is 0 Å². The summed E-state index contributed by atoms with van der Waals surface area (Å²) in [7, 11) is 1.31. The quantitative estimate of drug-likeness (QED) is 0.479. The molecule has 2 aromatic rings. The third-order valence-corrected chi connectivity index (χ3v) is 3.92. The molecule has 1 heterocycles. The number of methoxy groups -OCH3 is 1. The maximum atomic E-state index is 12.5. The summed E-state index contributed by atoms with van der Waals surface area (Å²) in [5.74, 6) is -0.236. The van der Waals surface area contributed by atoms with Gasteiger partial charge in [0.05, 0.1) is 18.2 Å². The first-order valence-electron chi connectivity index (χ1n) is 7.85. The topological polar surface area (TPSA) is 78.9 Å². The highest BCUT2D eigenvalue weighted by atomic mass is 16.5. The van der Waals surface area contributed by atoms with Gasteiger partial charge in [-0.05, 0) is 42.8 Å². The lowest BCUT2D eigenvalue weighted by Crippen LogP contribution is -2.03. The molecule has 0 atom stereocenters. The molecular weight excluding hydrogens is 336 g/mol. The number of ether oxygens (including phenoxy) is 3. The van der Waals surface area contributed by atoms with Crippen molar-refractivity contribution in [3.05, 3.63) is 64.4 Å². The minimum absolute atomic E-state index is 0.161. The van der Waals surface area contributed by atoms with Crippen LogP contribution < -0.4 is 9.47 Å². The third-order valence-electron chi connectivity index (χ3n) is 3.92. The van der Waals surface area contributed by atoms with Crippen molar-refractivity contribution in [1.82, 2.24) is 0 Å². The van der Waals surface area contributed by atoms with Gasteiger partial charge in [0.2, 0.25) is 5.78 Å². The number of carbonyl (C=O) groups is 3. The number of rotatable bonds is 3. The molecule has 1 aliphatic heterocycles. The summed E-state index contributed by atoms with van der Waals surface area (Å²) in [6.07, 6.45) is 1.59. The van der Waals surface area contributed by atoms with Crippen LogP contribution in [0.5, 0.6) is 11.5 Å². The lowest BCUT2D eigenvalue weighted by molar-refractivity contribution is -0.131. The average Bonchev–Trinajstić information content (AvgIpc) is 2.94. The Morgan fingerprint density at radius 1 is 1.08 bits per heavy atom. The molecule has 0 fully saturated rings. The molecule has 1 aliphatic rings. The van der Waals surface area contributed by atoms with Crippen molar-refractivity contribution >= 4 is 23.8 Å². The van der Waals surface area contributed by atoms with Crippen molar-refractivity contribution in [2.75, 3.05) is 7.11 Å². The number of hydrogen-bond acceptors (Lipinski definition) is 6. The van der Waals surface area contributed by atoms with Gasteiger partial charge in [0.25, 0.3) is 0 Å². The van der Waals surface area contributed by atoms with E-state index in [0.29, 0.717) is 33.8 Å². The number of fused-ring (bicyclic) bond motifs is 1. The minimum atomic E-state index is -0.446. The first kappa shape index (κ1) is 17.4. The van der Waals surface area contributed by atoms with Gasteiger partial charge < -0.3 is 14.2 Å². The fourth-order valence-electron chi connectivity index (χ4n) is 2.62. The molecule has 0 aliphatic carbocycles. The molecule has 132 valence electrons. The zero-order valence-corrected chi connectivity index (χ0v) is 14.5. The third kappa shape index (κ3) is 3.21. The van der Waals surface area contributed by atoms with Crippen LogP contribution in [-0.4, -0.2) is 24.8 Å². The zero-order valence-electron chi connectivity index (χ0n) is 14.5. The van der Waals surface area contributed by atoms with Gasteiger partial charge in [-0.25, -0.2) is 4.79 Å². The molecule has 26 heavy (non-hydrogen) atoms. The lowest BCUT2D eigenvalue weighted by atomic mass is 10.1. The van der Waals surface area contributed by atoms with E-state index in [0.717, 1.165) is 0 Å². The smallest absolute Gasteiger partial charge is 0.337 e. The first-order chi connectivity index (χ1) is 12.4. The maximum absolute atomic E-state index is 12.5. The Morgan fingerprint density at radius 3 is 2.38 bits per heavy atom. The molecule has 6 heteroatoms.